The lowest BCUT2D eigenvalue weighted by molar-refractivity contribution is -0.157. The summed E-state index contributed by atoms with van der Waals surface area (Å²) in [6, 6.07) is 0. The van der Waals surface area contributed by atoms with E-state index in [1.165, 1.54) is 193 Å². The van der Waals surface area contributed by atoms with Crippen molar-refractivity contribution in [1.82, 2.24) is 14.9 Å². The molecule has 0 aliphatic rings. The van der Waals surface area contributed by atoms with Crippen LogP contribution in [0.5, 0.6) is 0 Å². The highest BCUT2D eigenvalue weighted by Crippen LogP contribution is 2.18. The molecule has 0 aromatic carbocycles. The lowest BCUT2D eigenvalue weighted by Gasteiger charge is -2.33. The van der Waals surface area contributed by atoms with Crippen LogP contribution in [0.15, 0.2) is 0 Å². The highest BCUT2D eigenvalue weighted by atomic mass is 32.2. The summed E-state index contributed by atoms with van der Waals surface area (Å²) in [7, 11) is 4.12. The topological polar surface area (TPSA) is 106 Å². The molecule has 0 aliphatic carbocycles. The summed E-state index contributed by atoms with van der Waals surface area (Å²) in [6.45, 7) is 9.08. The number of likely N-dealkylation sites (N-methyl/N-ethyl adjacent to an activating group) is 1. The van der Waals surface area contributed by atoms with Gasteiger partial charge in [-0.3, -0.25) is 19.1 Å². The Morgan fingerprint density at radius 1 is 0.382 bits per heavy atom. The minimum Gasteiger partial charge on any atom is -0.463 e. The van der Waals surface area contributed by atoms with Gasteiger partial charge in [0, 0.05) is 44.6 Å². The van der Waals surface area contributed by atoms with Gasteiger partial charge in [0.25, 0.3) is 0 Å². The van der Waals surface area contributed by atoms with E-state index in [2.05, 4.69) is 49.8 Å². The molecule has 0 heterocycles. The van der Waals surface area contributed by atoms with Crippen LogP contribution in [0.4, 0.5) is 0 Å². The number of rotatable bonds is 56. The maximum Gasteiger partial charge on any atom is 0.305 e. The highest BCUT2D eigenvalue weighted by Gasteiger charge is 2.35. The van der Waals surface area contributed by atoms with Gasteiger partial charge in [-0.2, -0.15) is 0 Å². The Morgan fingerprint density at radius 2 is 0.632 bits per heavy atom. The second kappa shape index (κ2) is 53.4. The highest BCUT2D eigenvalue weighted by molar-refractivity contribution is 7.97. The number of carbonyl (C=O) groups is 3. The maximum atomic E-state index is 13.2. The van der Waals surface area contributed by atoms with E-state index in [0.29, 0.717) is 25.8 Å². The zero-order valence-electron chi connectivity index (χ0n) is 46.0. The lowest BCUT2D eigenvalue weighted by atomic mass is 10.0. The Morgan fingerprint density at radius 3 is 0.882 bits per heavy atom. The van der Waals surface area contributed by atoms with Crippen LogP contribution in [0, 0.1) is 0 Å². The summed E-state index contributed by atoms with van der Waals surface area (Å²) in [6.07, 6.45) is 49.8. The third kappa shape index (κ3) is 49.6. The zero-order chi connectivity index (χ0) is 49.7. The molecule has 0 aliphatic heterocycles. The molecule has 0 saturated heterocycles. The number of esters is 3. The molecule has 404 valence electrons. The van der Waals surface area contributed by atoms with Crippen molar-refractivity contribution in [3.05, 3.63) is 0 Å². The molecule has 0 spiro atoms. The summed E-state index contributed by atoms with van der Waals surface area (Å²) in [5, 5.41) is 3.55. The predicted molar refractivity (Wildman–Crippen MR) is 294 cm³/mol. The normalized spacial score (nSPS) is 11.7. The quantitative estimate of drug-likeness (QED) is 0.0265. The second-order valence-corrected chi connectivity index (χ2v) is 21.7. The average Bonchev–Trinajstić information content (AvgIpc) is 3.33. The minimum atomic E-state index is -1.03. The van der Waals surface area contributed by atoms with Crippen LogP contribution in [-0.4, -0.2) is 87.6 Å². The minimum absolute atomic E-state index is 0.0267. The van der Waals surface area contributed by atoms with Gasteiger partial charge in [0.15, 0.2) is 0 Å². The molecule has 0 atom stereocenters. The summed E-state index contributed by atoms with van der Waals surface area (Å²) in [5.41, 5.74) is -1.03. The number of carbonyl (C=O) groups excluding carboxylic acids is 3. The standard InChI is InChI=1S/C58H115N3O6S/c1-6-9-12-15-18-21-24-27-30-33-36-39-42-45-55(62)65-52-58(59-49-51-68-60-48-50-61(4)5,53-66-56(63)46-43-40-37-34-31-28-25-22-19-16-13-10-7-2)54-67-57(64)47-44-41-38-35-32-29-26-23-20-17-14-11-8-3/h59-60H,6-54H2,1-5H3. The molecule has 0 amide bonds. The zero-order valence-corrected chi connectivity index (χ0v) is 46.8. The molecule has 9 nitrogen and oxygen atoms in total. The van der Waals surface area contributed by atoms with E-state index >= 15 is 0 Å². The second-order valence-electron chi connectivity index (χ2n) is 20.7. The SMILES string of the molecule is CCCCCCCCCCCCCCCC(=O)OCC(COC(=O)CCCCCCCCCCCCCCC)(COC(=O)CCCCCCCCCCCCCCC)NCCSNCCN(C)C. The van der Waals surface area contributed by atoms with Crippen LogP contribution in [0.25, 0.3) is 0 Å². The number of hydrogen-bond acceptors (Lipinski definition) is 10. The molecule has 0 rings (SSSR count). The van der Waals surface area contributed by atoms with Gasteiger partial charge < -0.3 is 24.4 Å². The summed E-state index contributed by atoms with van der Waals surface area (Å²) in [5.74, 6) is -0.0243. The number of unbranched alkanes of at least 4 members (excludes halogenated alkanes) is 36. The average molecular weight is 983 g/mol. The molecule has 0 aromatic heterocycles. The van der Waals surface area contributed by atoms with E-state index in [-0.39, 0.29) is 37.7 Å². The molecule has 0 bridgehead atoms. The summed E-state index contributed by atoms with van der Waals surface area (Å²) < 4.78 is 21.3. The number of hydrogen-bond donors (Lipinski definition) is 2. The molecule has 0 unspecified atom stereocenters. The van der Waals surface area contributed by atoms with Crippen molar-refractivity contribution in [2.45, 2.75) is 296 Å². The van der Waals surface area contributed by atoms with Crippen LogP contribution in [-0.2, 0) is 28.6 Å². The van der Waals surface area contributed by atoms with Crippen LogP contribution < -0.4 is 10.0 Å². The molecule has 0 radical (unpaired) electrons. The van der Waals surface area contributed by atoms with Crippen molar-refractivity contribution in [3.8, 4) is 0 Å². The van der Waals surface area contributed by atoms with Crippen molar-refractivity contribution in [1.29, 1.82) is 0 Å². The van der Waals surface area contributed by atoms with E-state index in [0.717, 1.165) is 76.6 Å². The monoisotopic (exact) mass is 982 g/mol. The van der Waals surface area contributed by atoms with E-state index < -0.39 is 5.54 Å². The molecular weight excluding hydrogens is 867 g/mol. The Labute approximate surface area is 426 Å². The first kappa shape index (κ1) is 66.6. The van der Waals surface area contributed by atoms with Crippen molar-refractivity contribution in [2.75, 3.05) is 59.3 Å². The van der Waals surface area contributed by atoms with Gasteiger partial charge in [-0.05, 0) is 33.4 Å². The molecule has 68 heavy (non-hydrogen) atoms. The van der Waals surface area contributed by atoms with Gasteiger partial charge in [0.2, 0.25) is 0 Å². The van der Waals surface area contributed by atoms with Crippen molar-refractivity contribution in [3.63, 3.8) is 0 Å². The lowest BCUT2D eigenvalue weighted by Crippen LogP contribution is -2.58. The number of nitrogens with one attached hydrogen (secondary N) is 2. The first-order valence-electron chi connectivity index (χ1n) is 29.5. The van der Waals surface area contributed by atoms with E-state index in [1.807, 2.05) is 0 Å². The largest absolute Gasteiger partial charge is 0.463 e. The fourth-order valence-corrected chi connectivity index (χ4v) is 9.38. The van der Waals surface area contributed by atoms with Crippen molar-refractivity contribution >= 4 is 29.9 Å². The van der Waals surface area contributed by atoms with Crippen LogP contribution >= 0.6 is 11.9 Å². The van der Waals surface area contributed by atoms with Gasteiger partial charge in [0.1, 0.15) is 25.4 Å². The predicted octanol–water partition coefficient (Wildman–Crippen LogP) is 16.2. The summed E-state index contributed by atoms with van der Waals surface area (Å²) in [4.78, 5) is 41.7. The molecule has 2 N–H and O–H groups in total. The fourth-order valence-electron chi connectivity index (χ4n) is 8.79. The van der Waals surface area contributed by atoms with Crippen LogP contribution in [0.3, 0.4) is 0 Å². The van der Waals surface area contributed by atoms with Gasteiger partial charge in [-0.15, -0.1) is 0 Å². The Balaban J connectivity index is 5.17. The Kier molecular flexibility index (Phi) is 52.4. The van der Waals surface area contributed by atoms with Gasteiger partial charge in [-0.25, -0.2) is 0 Å². The molecule has 10 heteroatoms. The van der Waals surface area contributed by atoms with E-state index in [4.69, 9.17) is 14.2 Å². The third-order valence-corrected chi connectivity index (χ3v) is 14.3. The molecule has 0 aromatic rings. The van der Waals surface area contributed by atoms with Crippen LogP contribution in [0.2, 0.25) is 0 Å². The van der Waals surface area contributed by atoms with Crippen molar-refractivity contribution in [2.24, 2.45) is 0 Å². The molecule has 0 fully saturated rings. The van der Waals surface area contributed by atoms with Gasteiger partial charge in [-0.1, -0.05) is 264 Å². The van der Waals surface area contributed by atoms with E-state index in [1.54, 1.807) is 11.9 Å². The third-order valence-electron chi connectivity index (χ3n) is 13.4. The molecular formula is C58H115N3O6S. The van der Waals surface area contributed by atoms with Crippen molar-refractivity contribution < 1.29 is 28.6 Å². The molecule has 0 saturated carbocycles. The Hall–Kier alpha value is -1.36. The number of nitrogens with zero attached hydrogens (tertiary/aromatic N) is 1. The van der Waals surface area contributed by atoms with E-state index in [9.17, 15) is 14.4 Å². The maximum absolute atomic E-state index is 13.2. The number of ether oxygens (including phenoxy) is 3. The first-order valence-corrected chi connectivity index (χ1v) is 30.5. The summed E-state index contributed by atoms with van der Waals surface area (Å²) >= 11 is 1.62. The van der Waals surface area contributed by atoms with Gasteiger partial charge >= 0.3 is 17.9 Å². The first-order chi connectivity index (χ1) is 33.3. The Bertz CT molecular complexity index is 968. The smallest absolute Gasteiger partial charge is 0.305 e. The fraction of sp³-hybridized carbons (Fsp3) is 0.948. The van der Waals surface area contributed by atoms with Gasteiger partial charge in [0.05, 0.1) is 0 Å². The van der Waals surface area contributed by atoms with Crippen LogP contribution in [0.1, 0.15) is 290 Å².